The lowest BCUT2D eigenvalue weighted by atomic mass is 10.2. The topological polar surface area (TPSA) is 123 Å². The van der Waals surface area contributed by atoms with E-state index in [-0.39, 0.29) is 27.8 Å². The highest BCUT2D eigenvalue weighted by Crippen LogP contribution is 2.27. The molecule has 0 aliphatic heterocycles. The molecule has 0 aliphatic rings. The lowest BCUT2D eigenvalue weighted by Crippen LogP contribution is -2.23. The van der Waals surface area contributed by atoms with E-state index in [2.05, 4.69) is 15.3 Å². The molecule has 0 fully saturated rings. The summed E-state index contributed by atoms with van der Waals surface area (Å²) in [6, 6.07) is 15.3. The van der Waals surface area contributed by atoms with E-state index in [4.69, 9.17) is 0 Å². The number of nitrogens with one attached hydrogen (secondary N) is 2. The Kier molecular flexibility index (Phi) is 5.94. The Bertz CT molecular complexity index is 1720. The van der Waals surface area contributed by atoms with Gasteiger partial charge >= 0.3 is 0 Å². The number of aromatic amines is 1. The number of nitrogens with zero attached hydrogens (tertiary/aromatic N) is 3. The third-order valence-corrected chi connectivity index (χ3v) is 6.29. The Morgan fingerprint density at radius 2 is 1.86 bits per heavy atom. The first kappa shape index (κ1) is 23.2. The summed E-state index contributed by atoms with van der Waals surface area (Å²) >= 11 is 0.925. The van der Waals surface area contributed by atoms with Crippen molar-refractivity contribution in [2.75, 3.05) is 11.1 Å². The second-order valence-electron chi connectivity index (χ2n) is 7.66. The van der Waals surface area contributed by atoms with E-state index < -0.39 is 28.0 Å². The number of carbonyl (C=O) groups excluding carboxylic acids is 1. The molecule has 1 amide bonds. The quantitative estimate of drug-likeness (QED) is 0.148. The van der Waals surface area contributed by atoms with Crippen molar-refractivity contribution in [3.05, 3.63) is 98.8 Å². The maximum atomic E-state index is 13.9. The van der Waals surface area contributed by atoms with Crippen LogP contribution >= 0.6 is 11.8 Å². The van der Waals surface area contributed by atoms with Gasteiger partial charge in [-0.3, -0.25) is 24.3 Å². The van der Waals surface area contributed by atoms with Crippen LogP contribution in [0.25, 0.3) is 27.6 Å². The standard InChI is InChI=1S/C24H15F2N5O4S/c25-13-5-10-19(17(26)11-13)27-20(32)12-36-24-29-21-16-3-1-2-4-18(16)28-22(21)23(33)30(24)14-6-8-15(9-7-14)31(34)35/h1-11,28H,12H2,(H,27,32). The summed E-state index contributed by atoms with van der Waals surface area (Å²) in [6.45, 7) is 0. The van der Waals surface area contributed by atoms with E-state index >= 15 is 0 Å². The van der Waals surface area contributed by atoms with Crippen molar-refractivity contribution in [3.8, 4) is 5.69 Å². The van der Waals surface area contributed by atoms with Gasteiger partial charge in [0, 0.05) is 29.1 Å². The smallest absolute Gasteiger partial charge is 0.283 e. The number of para-hydroxylation sites is 1. The Labute approximate surface area is 204 Å². The number of benzene rings is 3. The average molecular weight is 507 g/mol. The molecule has 9 nitrogen and oxygen atoms in total. The van der Waals surface area contributed by atoms with Crippen molar-refractivity contribution >= 4 is 51.0 Å². The first-order valence-electron chi connectivity index (χ1n) is 10.5. The molecule has 12 heteroatoms. The molecule has 5 rings (SSSR count). The van der Waals surface area contributed by atoms with E-state index in [1.54, 1.807) is 24.3 Å². The van der Waals surface area contributed by atoms with Gasteiger partial charge < -0.3 is 10.3 Å². The maximum Gasteiger partial charge on any atom is 0.283 e. The second-order valence-corrected chi connectivity index (χ2v) is 8.61. The van der Waals surface area contributed by atoms with Crippen LogP contribution in [-0.4, -0.2) is 31.1 Å². The lowest BCUT2D eigenvalue weighted by molar-refractivity contribution is -0.384. The van der Waals surface area contributed by atoms with Gasteiger partial charge in [-0.05, 0) is 30.3 Å². The molecule has 0 spiro atoms. The van der Waals surface area contributed by atoms with Crippen LogP contribution in [0.2, 0.25) is 0 Å². The molecule has 2 aromatic heterocycles. The highest BCUT2D eigenvalue weighted by Gasteiger charge is 2.19. The molecule has 2 heterocycles. The van der Waals surface area contributed by atoms with Gasteiger partial charge in [0.05, 0.1) is 22.1 Å². The number of anilines is 1. The third kappa shape index (κ3) is 4.29. The van der Waals surface area contributed by atoms with Gasteiger partial charge in [0.25, 0.3) is 11.2 Å². The van der Waals surface area contributed by atoms with Gasteiger partial charge in [0.2, 0.25) is 5.91 Å². The molecule has 2 N–H and O–H groups in total. The van der Waals surface area contributed by atoms with Crippen LogP contribution in [0.15, 0.2) is 76.7 Å². The minimum atomic E-state index is -0.922. The maximum absolute atomic E-state index is 13.9. The van der Waals surface area contributed by atoms with E-state index in [1.165, 1.54) is 28.8 Å². The van der Waals surface area contributed by atoms with Crippen LogP contribution in [0, 0.1) is 21.7 Å². The van der Waals surface area contributed by atoms with E-state index in [9.17, 15) is 28.5 Å². The largest absolute Gasteiger partial charge is 0.349 e. The number of amides is 1. The first-order chi connectivity index (χ1) is 17.3. The number of rotatable bonds is 6. The van der Waals surface area contributed by atoms with E-state index in [1.807, 2.05) is 0 Å². The van der Waals surface area contributed by atoms with Crippen molar-refractivity contribution in [1.82, 2.24) is 14.5 Å². The number of halogens is 2. The van der Waals surface area contributed by atoms with Gasteiger partial charge in [-0.25, -0.2) is 13.8 Å². The number of H-pyrrole nitrogens is 1. The Morgan fingerprint density at radius 1 is 1.11 bits per heavy atom. The summed E-state index contributed by atoms with van der Waals surface area (Å²) in [5, 5.41) is 14.3. The predicted molar refractivity (Wildman–Crippen MR) is 132 cm³/mol. The minimum Gasteiger partial charge on any atom is -0.349 e. The van der Waals surface area contributed by atoms with Gasteiger partial charge in [0.15, 0.2) is 5.16 Å². The lowest BCUT2D eigenvalue weighted by Gasteiger charge is -2.12. The van der Waals surface area contributed by atoms with Crippen molar-refractivity contribution in [1.29, 1.82) is 0 Å². The number of non-ortho nitro benzene ring substituents is 1. The molecule has 0 unspecified atom stereocenters. The molecule has 180 valence electrons. The second kappa shape index (κ2) is 9.23. The number of nitro benzene ring substituents is 1. The van der Waals surface area contributed by atoms with Gasteiger partial charge in [-0.2, -0.15) is 0 Å². The zero-order valence-electron chi connectivity index (χ0n) is 18.2. The monoisotopic (exact) mass is 507 g/mol. The Morgan fingerprint density at radius 3 is 2.58 bits per heavy atom. The summed E-state index contributed by atoms with van der Waals surface area (Å²) < 4.78 is 28.3. The third-order valence-electron chi connectivity index (χ3n) is 5.35. The van der Waals surface area contributed by atoms with Crippen molar-refractivity contribution in [2.45, 2.75) is 5.16 Å². The fourth-order valence-electron chi connectivity index (χ4n) is 3.70. The van der Waals surface area contributed by atoms with E-state index in [0.717, 1.165) is 23.9 Å². The zero-order chi connectivity index (χ0) is 25.4. The summed E-state index contributed by atoms with van der Waals surface area (Å²) in [7, 11) is 0. The van der Waals surface area contributed by atoms with Crippen LogP contribution in [0.3, 0.4) is 0 Å². The molecule has 0 aliphatic carbocycles. The fourth-order valence-corrected chi connectivity index (χ4v) is 4.50. The van der Waals surface area contributed by atoms with Crippen LogP contribution in [-0.2, 0) is 4.79 Å². The Balaban J connectivity index is 1.55. The number of aromatic nitrogens is 3. The number of thioether (sulfide) groups is 1. The fraction of sp³-hybridized carbons (Fsp3) is 0.0417. The molecule has 0 radical (unpaired) electrons. The average Bonchev–Trinajstić information content (AvgIpc) is 3.24. The number of hydrogen-bond donors (Lipinski definition) is 2. The summed E-state index contributed by atoms with van der Waals surface area (Å²) in [5.41, 5.74) is 0.844. The molecule has 0 saturated heterocycles. The molecule has 5 aromatic rings. The number of nitro groups is 1. The highest BCUT2D eigenvalue weighted by molar-refractivity contribution is 7.99. The SMILES string of the molecule is O=C(CSc1nc2c([nH]c3ccccc32)c(=O)n1-c1ccc([N+](=O)[O-])cc1)Nc1ccc(F)cc1F. The van der Waals surface area contributed by atoms with Gasteiger partial charge in [-0.15, -0.1) is 0 Å². The van der Waals surface area contributed by atoms with E-state index in [0.29, 0.717) is 28.2 Å². The summed E-state index contributed by atoms with van der Waals surface area (Å²) in [6.07, 6.45) is 0. The number of hydrogen-bond acceptors (Lipinski definition) is 6. The van der Waals surface area contributed by atoms with Crippen molar-refractivity contribution in [3.63, 3.8) is 0 Å². The van der Waals surface area contributed by atoms with Gasteiger partial charge in [-0.1, -0.05) is 30.0 Å². The number of fused-ring (bicyclic) bond motifs is 3. The molecular formula is C24H15F2N5O4S. The molecule has 0 atom stereocenters. The van der Waals surface area contributed by atoms with Crippen molar-refractivity contribution < 1.29 is 18.5 Å². The van der Waals surface area contributed by atoms with Crippen LogP contribution in [0.4, 0.5) is 20.2 Å². The molecule has 3 aromatic carbocycles. The van der Waals surface area contributed by atoms with Gasteiger partial charge in [0.1, 0.15) is 22.7 Å². The normalized spacial score (nSPS) is 11.2. The molecule has 0 saturated carbocycles. The van der Waals surface area contributed by atoms with Crippen LogP contribution in [0.1, 0.15) is 0 Å². The molecule has 36 heavy (non-hydrogen) atoms. The Hall–Kier alpha value is -4.58. The summed E-state index contributed by atoms with van der Waals surface area (Å²) in [5.74, 6) is -2.55. The zero-order valence-corrected chi connectivity index (χ0v) is 19.0. The first-order valence-corrected chi connectivity index (χ1v) is 11.5. The highest BCUT2D eigenvalue weighted by atomic mass is 32.2. The molecule has 0 bridgehead atoms. The predicted octanol–water partition coefficient (Wildman–Crippen LogP) is 4.78. The number of carbonyl (C=O) groups is 1. The van der Waals surface area contributed by atoms with Crippen LogP contribution in [0.5, 0.6) is 0 Å². The molecular weight excluding hydrogens is 492 g/mol. The van der Waals surface area contributed by atoms with Crippen LogP contribution < -0.4 is 10.9 Å². The minimum absolute atomic E-state index is 0.152. The summed E-state index contributed by atoms with van der Waals surface area (Å²) in [4.78, 5) is 44.2. The van der Waals surface area contributed by atoms with Crippen molar-refractivity contribution in [2.24, 2.45) is 0 Å².